The summed E-state index contributed by atoms with van der Waals surface area (Å²) in [4.78, 5) is 18.2. The van der Waals surface area contributed by atoms with E-state index in [2.05, 4.69) is 20.3 Å². The van der Waals surface area contributed by atoms with E-state index in [-0.39, 0.29) is 0 Å². The quantitative estimate of drug-likeness (QED) is 0.413. The van der Waals surface area contributed by atoms with Crippen LogP contribution in [0.3, 0.4) is 0 Å². The molecule has 3 heterocycles. The molecule has 0 fully saturated rings. The fourth-order valence-corrected chi connectivity index (χ4v) is 3.65. The first-order valence-electron chi connectivity index (χ1n) is 9.93. The van der Waals surface area contributed by atoms with Crippen LogP contribution >= 0.6 is 11.6 Å². The Kier molecular flexibility index (Phi) is 4.99. The van der Waals surface area contributed by atoms with E-state index in [1.54, 1.807) is 19.8 Å². The first kappa shape index (κ1) is 20.0. The zero-order chi connectivity index (χ0) is 22.2. The predicted molar refractivity (Wildman–Crippen MR) is 125 cm³/mol. The number of methoxy groups -OCH3 is 1. The molecule has 8 nitrogen and oxygen atoms in total. The number of benzene rings is 2. The third-order valence-corrected chi connectivity index (χ3v) is 5.36. The normalized spacial score (nSPS) is 11.1. The highest BCUT2D eigenvalue weighted by molar-refractivity contribution is 6.30. The molecule has 0 unspecified atom stereocenters. The standard InChI is InChI=1S/C23H20ClN7O/c1-14-11-31(13-25-14)18-9-8-17(10-19(18)32-3)27-23-28-20(15-4-6-16(24)7-5-15)21-22(29-23)30(2)12-26-21/h4-13H,1-3H3,(H,27,28,29). The van der Waals surface area contributed by atoms with Gasteiger partial charge in [-0.15, -0.1) is 0 Å². The lowest BCUT2D eigenvalue weighted by molar-refractivity contribution is 0.413. The number of hydrogen-bond donors (Lipinski definition) is 1. The Morgan fingerprint density at radius 2 is 1.81 bits per heavy atom. The maximum absolute atomic E-state index is 6.06. The van der Waals surface area contributed by atoms with Crippen molar-refractivity contribution in [3.05, 3.63) is 72.0 Å². The van der Waals surface area contributed by atoms with E-state index in [9.17, 15) is 0 Å². The maximum Gasteiger partial charge on any atom is 0.229 e. The molecule has 3 aromatic heterocycles. The van der Waals surface area contributed by atoms with E-state index in [4.69, 9.17) is 21.3 Å². The minimum Gasteiger partial charge on any atom is -0.494 e. The molecule has 0 bridgehead atoms. The number of hydrogen-bond acceptors (Lipinski definition) is 6. The van der Waals surface area contributed by atoms with Gasteiger partial charge in [-0.05, 0) is 31.2 Å². The van der Waals surface area contributed by atoms with Crippen LogP contribution in [0.1, 0.15) is 5.69 Å². The molecule has 32 heavy (non-hydrogen) atoms. The van der Waals surface area contributed by atoms with Crippen molar-refractivity contribution < 1.29 is 4.74 Å². The molecule has 0 aliphatic carbocycles. The third kappa shape index (κ3) is 3.65. The van der Waals surface area contributed by atoms with E-state index in [0.29, 0.717) is 16.7 Å². The third-order valence-electron chi connectivity index (χ3n) is 5.10. The summed E-state index contributed by atoms with van der Waals surface area (Å²) in [5.41, 5.74) is 5.71. The molecule has 5 rings (SSSR count). The Bertz CT molecular complexity index is 1420. The molecule has 0 saturated carbocycles. The molecule has 0 aliphatic rings. The number of fused-ring (bicyclic) bond motifs is 1. The van der Waals surface area contributed by atoms with Crippen molar-refractivity contribution in [1.29, 1.82) is 0 Å². The average Bonchev–Trinajstić information content (AvgIpc) is 3.39. The van der Waals surface area contributed by atoms with Gasteiger partial charge in [0.15, 0.2) is 5.65 Å². The molecule has 0 aliphatic heterocycles. The van der Waals surface area contributed by atoms with Crippen LogP contribution in [0.25, 0.3) is 28.1 Å². The lowest BCUT2D eigenvalue weighted by Crippen LogP contribution is -2.02. The molecule has 5 aromatic rings. The highest BCUT2D eigenvalue weighted by Gasteiger charge is 2.15. The minimum atomic E-state index is 0.458. The van der Waals surface area contributed by atoms with Crippen molar-refractivity contribution >= 4 is 34.4 Å². The Hall–Kier alpha value is -3.91. The number of imidazole rings is 2. The van der Waals surface area contributed by atoms with Gasteiger partial charge in [0.25, 0.3) is 0 Å². The summed E-state index contributed by atoms with van der Waals surface area (Å²) in [7, 11) is 3.55. The summed E-state index contributed by atoms with van der Waals surface area (Å²) < 4.78 is 9.41. The SMILES string of the molecule is COc1cc(Nc2nc(-c3ccc(Cl)cc3)c3ncn(C)c3n2)ccc1-n1cnc(C)c1. The van der Waals surface area contributed by atoms with E-state index >= 15 is 0 Å². The second-order valence-electron chi connectivity index (χ2n) is 7.36. The van der Waals surface area contributed by atoms with E-state index in [1.165, 1.54) is 0 Å². The average molecular weight is 446 g/mol. The Morgan fingerprint density at radius 3 is 2.53 bits per heavy atom. The number of aryl methyl sites for hydroxylation is 2. The summed E-state index contributed by atoms with van der Waals surface area (Å²) in [6.07, 6.45) is 5.44. The Balaban J connectivity index is 1.55. The van der Waals surface area contributed by atoms with Crippen molar-refractivity contribution in [2.75, 3.05) is 12.4 Å². The summed E-state index contributed by atoms with van der Waals surface area (Å²) in [6, 6.07) is 13.3. The number of aromatic nitrogens is 6. The minimum absolute atomic E-state index is 0.458. The molecule has 0 spiro atoms. The van der Waals surface area contributed by atoms with E-state index in [1.807, 2.05) is 71.8 Å². The molecule has 2 aromatic carbocycles. The fourth-order valence-electron chi connectivity index (χ4n) is 3.52. The van der Waals surface area contributed by atoms with Gasteiger partial charge in [-0.25, -0.2) is 15.0 Å². The molecule has 0 radical (unpaired) electrons. The second kappa shape index (κ2) is 7.97. The highest BCUT2D eigenvalue weighted by Crippen LogP contribution is 2.30. The topological polar surface area (TPSA) is 82.7 Å². The molecule has 0 atom stereocenters. The van der Waals surface area contributed by atoms with Gasteiger partial charge in [0.2, 0.25) is 5.95 Å². The Morgan fingerprint density at radius 1 is 1.00 bits per heavy atom. The monoisotopic (exact) mass is 445 g/mol. The number of anilines is 2. The van der Waals surface area contributed by atoms with Crippen molar-refractivity contribution in [3.63, 3.8) is 0 Å². The lowest BCUT2D eigenvalue weighted by atomic mass is 10.1. The molecule has 0 amide bonds. The summed E-state index contributed by atoms with van der Waals surface area (Å²) in [5, 5.41) is 3.96. The van der Waals surface area contributed by atoms with Gasteiger partial charge in [0.05, 0.1) is 31.1 Å². The first-order chi connectivity index (χ1) is 15.5. The van der Waals surface area contributed by atoms with Crippen LogP contribution in [0.4, 0.5) is 11.6 Å². The van der Waals surface area contributed by atoms with Gasteiger partial charge in [-0.3, -0.25) is 0 Å². The summed E-state index contributed by atoms with van der Waals surface area (Å²) in [6.45, 7) is 1.95. The van der Waals surface area contributed by atoms with Crippen LogP contribution in [0.5, 0.6) is 5.75 Å². The summed E-state index contributed by atoms with van der Waals surface area (Å²) in [5.74, 6) is 1.16. The van der Waals surface area contributed by atoms with Crippen LogP contribution in [0, 0.1) is 6.92 Å². The summed E-state index contributed by atoms with van der Waals surface area (Å²) >= 11 is 6.06. The van der Waals surface area contributed by atoms with Crippen LogP contribution in [-0.2, 0) is 7.05 Å². The molecule has 160 valence electrons. The van der Waals surface area contributed by atoms with Crippen LogP contribution in [-0.4, -0.2) is 36.2 Å². The number of halogens is 1. The Labute approximate surface area is 189 Å². The predicted octanol–water partition coefficient (Wildman–Crippen LogP) is 4.93. The molecule has 9 heteroatoms. The van der Waals surface area contributed by atoms with Crippen LogP contribution < -0.4 is 10.1 Å². The molecule has 1 N–H and O–H groups in total. The number of ether oxygens (including phenoxy) is 1. The maximum atomic E-state index is 6.06. The van der Waals surface area contributed by atoms with Crippen molar-refractivity contribution in [1.82, 2.24) is 29.1 Å². The van der Waals surface area contributed by atoms with Gasteiger partial charge in [0, 0.05) is 35.6 Å². The largest absolute Gasteiger partial charge is 0.494 e. The van der Waals surface area contributed by atoms with Crippen molar-refractivity contribution in [2.24, 2.45) is 7.05 Å². The van der Waals surface area contributed by atoms with Crippen LogP contribution in [0.2, 0.25) is 5.02 Å². The van der Waals surface area contributed by atoms with Crippen molar-refractivity contribution in [2.45, 2.75) is 6.92 Å². The van der Waals surface area contributed by atoms with E-state index in [0.717, 1.165) is 39.5 Å². The van der Waals surface area contributed by atoms with E-state index < -0.39 is 0 Å². The smallest absolute Gasteiger partial charge is 0.229 e. The number of nitrogens with one attached hydrogen (secondary N) is 1. The van der Waals surface area contributed by atoms with Gasteiger partial charge < -0.3 is 19.2 Å². The lowest BCUT2D eigenvalue weighted by Gasteiger charge is -2.13. The van der Waals surface area contributed by atoms with Crippen molar-refractivity contribution in [3.8, 4) is 22.7 Å². The van der Waals surface area contributed by atoms with Crippen LogP contribution in [0.15, 0.2) is 61.3 Å². The zero-order valence-electron chi connectivity index (χ0n) is 17.7. The highest BCUT2D eigenvalue weighted by atomic mass is 35.5. The fraction of sp³-hybridized carbons (Fsp3) is 0.130. The van der Waals surface area contributed by atoms with Gasteiger partial charge >= 0.3 is 0 Å². The molecule has 0 saturated heterocycles. The second-order valence-corrected chi connectivity index (χ2v) is 7.80. The zero-order valence-corrected chi connectivity index (χ0v) is 18.5. The number of rotatable bonds is 5. The first-order valence-corrected chi connectivity index (χ1v) is 10.3. The van der Waals surface area contributed by atoms with Gasteiger partial charge in [-0.2, -0.15) is 4.98 Å². The molecular weight excluding hydrogens is 426 g/mol. The van der Waals surface area contributed by atoms with Gasteiger partial charge in [0.1, 0.15) is 17.0 Å². The molecular formula is C23H20ClN7O. The number of nitrogens with zero attached hydrogens (tertiary/aromatic N) is 6. The van der Waals surface area contributed by atoms with Gasteiger partial charge in [-0.1, -0.05) is 23.7 Å².